The van der Waals surface area contributed by atoms with Crippen LogP contribution >= 0.6 is 11.6 Å². The van der Waals surface area contributed by atoms with Gasteiger partial charge in [0.2, 0.25) is 5.91 Å². The Morgan fingerprint density at radius 2 is 1.75 bits per heavy atom. The summed E-state index contributed by atoms with van der Waals surface area (Å²) in [6, 6.07) is 11.0. The molecule has 3 aromatic rings. The third-order valence-electron chi connectivity index (χ3n) is 3.49. The molecular weight excluding hydrogens is 324 g/mol. The smallest absolute Gasteiger partial charge is 0.224 e. The van der Waals surface area contributed by atoms with Crippen molar-refractivity contribution in [1.82, 2.24) is 20.3 Å². The minimum Gasteiger partial charge on any atom is -0.350 e. The van der Waals surface area contributed by atoms with Gasteiger partial charge in [0.15, 0.2) is 0 Å². The van der Waals surface area contributed by atoms with E-state index in [1.54, 1.807) is 30.9 Å². The molecule has 0 bridgehead atoms. The van der Waals surface area contributed by atoms with Gasteiger partial charge in [-0.15, -0.1) is 0 Å². The van der Waals surface area contributed by atoms with Crippen LogP contribution in [0.3, 0.4) is 0 Å². The van der Waals surface area contributed by atoms with Gasteiger partial charge in [-0.05, 0) is 23.8 Å². The first-order valence-corrected chi connectivity index (χ1v) is 7.82. The summed E-state index contributed by atoms with van der Waals surface area (Å²) in [6.07, 6.45) is 6.86. The first-order chi connectivity index (χ1) is 11.7. The van der Waals surface area contributed by atoms with Gasteiger partial charge in [-0.25, -0.2) is 0 Å². The largest absolute Gasteiger partial charge is 0.350 e. The molecule has 120 valence electrons. The molecule has 1 aromatic carbocycles. The topological polar surface area (TPSA) is 67.8 Å². The lowest BCUT2D eigenvalue weighted by Crippen LogP contribution is -2.25. The number of nitrogens with zero attached hydrogens (tertiary/aromatic N) is 3. The van der Waals surface area contributed by atoms with Crippen molar-refractivity contribution in [2.24, 2.45) is 0 Å². The second-order valence-corrected chi connectivity index (χ2v) is 5.54. The fourth-order valence-electron chi connectivity index (χ4n) is 2.31. The Labute approximate surface area is 144 Å². The van der Waals surface area contributed by atoms with E-state index in [-0.39, 0.29) is 12.3 Å². The van der Waals surface area contributed by atoms with E-state index in [4.69, 9.17) is 11.6 Å². The molecule has 0 saturated heterocycles. The number of carbonyl (C=O) groups is 1. The van der Waals surface area contributed by atoms with Gasteiger partial charge in [0, 0.05) is 35.4 Å². The maximum Gasteiger partial charge on any atom is 0.224 e. The number of rotatable bonds is 5. The molecule has 0 unspecified atom stereocenters. The summed E-state index contributed by atoms with van der Waals surface area (Å²) in [5, 5.41) is 3.46. The normalized spacial score (nSPS) is 10.4. The maximum absolute atomic E-state index is 12.2. The summed E-state index contributed by atoms with van der Waals surface area (Å²) in [7, 11) is 0. The van der Waals surface area contributed by atoms with Crippen LogP contribution in [0.15, 0.2) is 61.2 Å². The van der Waals surface area contributed by atoms with E-state index in [9.17, 15) is 4.79 Å². The number of hydrogen-bond acceptors (Lipinski definition) is 4. The van der Waals surface area contributed by atoms with Crippen LogP contribution in [0.4, 0.5) is 0 Å². The summed E-state index contributed by atoms with van der Waals surface area (Å²) >= 11 is 6.08. The molecule has 1 amide bonds. The number of hydrogen-bond donors (Lipinski definition) is 1. The second kappa shape index (κ2) is 7.66. The molecule has 3 rings (SSSR count). The number of nitrogens with one attached hydrogen (secondary N) is 1. The third kappa shape index (κ3) is 3.94. The van der Waals surface area contributed by atoms with Crippen LogP contribution in [0, 0.1) is 0 Å². The summed E-state index contributed by atoms with van der Waals surface area (Å²) < 4.78 is 0. The molecular formula is C18H15ClN4O. The second-order valence-electron chi connectivity index (χ2n) is 5.13. The molecule has 0 spiro atoms. The lowest BCUT2D eigenvalue weighted by atomic mass is 10.1. The average molecular weight is 339 g/mol. The van der Waals surface area contributed by atoms with Crippen LogP contribution in [-0.2, 0) is 17.8 Å². The van der Waals surface area contributed by atoms with E-state index in [2.05, 4.69) is 20.3 Å². The highest BCUT2D eigenvalue weighted by atomic mass is 35.5. The molecule has 5 nitrogen and oxygen atoms in total. The molecule has 6 heteroatoms. The Kier molecular flexibility index (Phi) is 5.13. The molecule has 2 heterocycles. The van der Waals surface area contributed by atoms with Crippen molar-refractivity contribution in [2.75, 3.05) is 0 Å². The first-order valence-electron chi connectivity index (χ1n) is 7.44. The molecule has 2 aromatic heterocycles. The Balaban J connectivity index is 1.69. The highest BCUT2D eigenvalue weighted by Crippen LogP contribution is 2.19. The number of halogens is 1. The minimum atomic E-state index is -0.116. The fraction of sp³-hybridized carbons (Fsp3) is 0.111. The van der Waals surface area contributed by atoms with Gasteiger partial charge in [0.1, 0.15) is 0 Å². The van der Waals surface area contributed by atoms with Crippen molar-refractivity contribution in [3.63, 3.8) is 0 Å². The summed E-state index contributed by atoms with van der Waals surface area (Å²) in [4.78, 5) is 24.8. The van der Waals surface area contributed by atoms with Crippen molar-refractivity contribution in [1.29, 1.82) is 0 Å². The van der Waals surface area contributed by atoms with E-state index in [1.165, 1.54) is 0 Å². The molecule has 0 aliphatic rings. The Hall–Kier alpha value is -2.79. The number of carbonyl (C=O) groups excluding carboxylic acids is 1. The lowest BCUT2D eigenvalue weighted by Gasteiger charge is -2.09. The minimum absolute atomic E-state index is 0.116. The zero-order valence-electron chi connectivity index (χ0n) is 12.8. The molecule has 0 saturated carbocycles. The zero-order valence-corrected chi connectivity index (χ0v) is 13.6. The van der Waals surface area contributed by atoms with E-state index >= 15 is 0 Å². The van der Waals surface area contributed by atoms with E-state index in [0.29, 0.717) is 17.3 Å². The van der Waals surface area contributed by atoms with Crippen molar-refractivity contribution in [3.05, 3.63) is 77.5 Å². The van der Waals surface area contributed by atoms with Crippen molar-refractivity contribution >= 4 is 17.5 Å². The highest BCUT2D eigenvalue weighted by molar-refractivity contribution is 6.31. The molecule has 0 aliphatic carbocycles. The average Bonchev–Trinajstić information content (AvgIpc) is 2.63. The molecule has 1 N–H and O–H groups in total. The number of benzene rings is 1. The maximum atomic E-state index is 12.2. The molecule has 24 heavy (non-hydrogen) atoms. The van der Waals surface area contributed by atoms with Crippen LogP contribution in [0.1, 0.15) is 11.3 Å². The molecule has 0 atom stereocenters. The molecule has 0 radical (unpaired) electrons. The van der Waals surface area contributed by atoms with E-state index in [0.717, 1.165) is 16.8 Å². The number of pyridine rings is 1. The highest BCUT2D eigenvalue weighted by Gasteiger charge is 2.10. The summed E-state index contributed by atoms with van der Waals surface area (Å²) in [6.45, 7) is 0.300. The monoisotopic (exact) mass is 338 g/mol. The van der Waals surface area contributed by atoms with Gasteiger partial charge in [0.05, 0.1) is 24.4 Å². The summed E-state index contributed by atoms with van der Waals surface area (Å²) in [5.41, 5.74) is 3.15. The van der Waals surface area contributed by atoms with E-state index < -0.39 is 0 Å². The zero-order chi connectivity index (χ0) is 16.8. The van der Waals surface area contributed by atoms with Crippen LogP contribution < -0.4 is 5.32 Å². The Morgan fingerprint density at radius 3 is 2.54 bits per heavy atom. The van der Waals surface area contributed by atoms with Crippen molar-refractivity contribution < 1.29 is 4.79 Å². The van der Waals surface area contributed by atoms with Crippen LogP contribution in [-0.4, -0.2) is 20.9 Å². The SMILES string of the molecule is O=C(Cc1ccccc1Cl)NCc1nccnc1-c1ccncc1. The summed E-state index contributed by atoms with van der Waals surface area (Å²) in [5.74, 6) is -0.116. The van der Waals surface area contributed by atoms with E-state index in [1.807, 2.05) is 30.3 Å². The predicted octanol–water partition coefficient (Wildman–Crippen LogP) is 3.05. The van der Waals surface area contributed by atoms with Crippen molar-refractivity contribution in [2.45, 2.75) is 13.0 Å². The Morgan fingerprint density at radius 1 is 1.00 bits per heavy atom. The van der Waals surface area contributed by atoms with Gasteiger partial charge < -0.3 is 5.32 Å². The van der Waals surface area contributed by atoms with Crippen molar-refractivity contribution in [3.8, 4) is 11.3 Å². The fourth-order valence-corrected chi connectivity index (χ4v) is 2.51. The van der Waals surface area contributed by atoms with Gasteiger partial charge in [-0.1, -0.05) is 29.8 Å². The Bertz CT molecular complexity index is 839. The van der Waals surface area contributed by atoms with Crippen LogP contribution in [0.5, 0.6) is 0 Å². The lowest BCUT2D eigenvalue weighted by molar-refractivity contribution is -0.120. The van der Waals surface area contributed by atoms with Crippen LogP contribution in [0.2, 0.25) is 5.02 Å². The van der Waals surface area contributed by atoms with Crippen LogP contribution in [0.25, 0.3) is 11.3 Å². The number of aromatic nitrogens is 3. The number of amides is 1. The third-order valence-corrected chi connectivity index (χ3v) is 3.86. The quantitative estimate of drug-likeness (QED) is 0.776. The predicted molar refractivity (Wildman–Crippen MR) is 92.3 cm³/mol. The van der Waals surface area contributed by atoms with Gasteiger partial charge in [-0.2, -0.15) is 0 Å². The molecule has 0 fully saturated rings. The van der Waals surface area contributed by atoms with Gasteiger partial charge in [-0.3, -0.25) is 19.7 Å². The first kappa shape index (κ1) is 16.1. The van der Waals surface area contributed by atoms with Gasteiger partial charge >= 0.3 is 0 Å². The van der Waals surface area contributed by atoms with Gasteiger partial charge in [0.25, 0.3) is 0 Å². The molecule has 0 aliphatic heterocycles. The standard InChI is InChI=1S/C18H15ClN4O/c19-15-4-2-1-3-14(15)11-17(24)23-12-16-18(22-10-9-21-16)13-5-7-20-8-6-13/h1-10H,11-12H2,(H,23,24).